The van der Waals surface area contributed by atoms with Gasteiger partial charge < -0.3 is 5.11 Å². The number of terminal acetylenes is 1. The number of ketones is 1. The van der Waals surface area contributed by atoms with Crippen molar-refractivity contribution in [1.29, 1.82) is 0 Å². The van der Waals surface area contributed by atoms with Crippen LogP contribution in [-0.2, 0) is 9.59 Å². The highest BCUT2D eigenvalue weighted by atomic mass is 16.4. The first kappa shape index (κ1) is 22.8. The summed E-state index contributed by atoms with van der Waals surface area (Å²) in [6.45, 7) is 3.30. The number of hydrogen-bond acceptors (Lipinski definition) is 5. The number of rotatable bonds is 7. The molecule has 0 spiro atoms. The van der Waals surface area contributed by atoms with Crippen LogP contribution in [0.3, 0.4) is 0 Å². The molecule has 0 saturated heterocycles. The zero-order valence-electron chi connectivity index (χ0n) is 17.3. The van der Waals surface area contributed by atoms with Gasteiger partial charge in [-0.3, -0.25) is 15.0 Å². The van der Waals surface area contributed by atoms with Gasteiger partial charge in [0.15, 0.2) is 5.78 Å². The van der Waals surface area contributed by atoms with Gasteiger partial charge >= 0.3 is 5.97 Å². The first-order valence-corrected chi connectivity index (χ1v) is 9.83. The molecular weight excluding hydrogens is 378 g/mol. The Morgan fingerprint density at radius 1 is 1.40 bits per heavy atom. The van der Waals surface area contributed by atoms with E-state index in [0.717, 1.165) is 24.0 Å². The summed E-state index contributed by atoms with van der Waals surface area (Å²) < 4.78 is 0. The van der Waals surface area contributed by atoms with Gasteiger partial charge in [0, 0.05) is 18.8 Å². The highest BCUT2D eigenvalue weighted by Gasteiger charge is 2.21. The lowest BCUT2D eigenvalue weighted by atomic mass is 9.92. The Morgan fingerprint density at radius 3 is 2.90 bits per heavy atom. The summed E-state index contributed by atoms with van der Waals surface area (Å²) in [5, 5.41) is 17.1. The quantitative estimate of drug-likeness (QED) is 0.483. The molecule has 0 aromatic carbocycles. The maximum Gasteiger partial charge on any atom is 0.307 e. The maximum absolute atomic E-state index is 11.6. The minimum absolute atomic E-state index is 0.00698. The zero-order valence-corrected chi connectivity index (χ0v) is 17.3. The highest BCUT2D eigenvalue weighted by molar-refractivity contribution is 5.92. The molecule has 0 saturated carbocycles. The third-order valence-corrected chi connectivity index (χ3v) is 4.84. The largest absolute Gasteiger partial charge is 0.481 e. The summed E-state index contributed by atoms with van der Waals surface area (Å²) >= 11 is 0. The van der Waals surface area contributed by atoms with Crippen molar-refractivity contribution in [3.63, 3.8) is 0 Å². The molecule has 1 aliphatic heterocycles. The van der Waals surface area contributed by atoms with E-state index in [1.807, 2.05) is 37.3 Å². The molecule has 0 fully saturated rings. The summed E-state index contributed by atoms with van der Waals surface area (Å²) in [7, 11) is 0. The van der Waals surface area contributed by atoms with Crippen LogP contribution < -0.4 is 5.43 Å². The van der Waals surface area contributed by atoms with Crippen molar-refractivity contribution < 1.29 is 14.7 Å². The van der Waals surface area contributed by atoms with Crippen molar-refractivity contribution in [3.8, 4) is 12.3 Å². The number of carboxylic acids is 1. The second kappa shape index (κ2) is 11.5. The lowest BCUT2D eigenvalue weighted by molar-refractivity contribution is -0.136. The number of nitrogens with zero attached hydrogens (tertiary/aromatic N) is 2. The third-order valence-electron chi connectivity index (χ3n) is 4.84. The molecule has 0 aromatic rings. The number of carbonyl (C=O) groups is 2. The molecule has 6 heteroatoms. The van der Waals surface area contributed by atoms with Crippen LogP contribution in [0.1, 0.15) is 33.1 Å². The van der Waals surface area contributed by atoms with Crippen LogP contribution in [0.15, 0.2) is 81.9 Å². The molecule has 156 valence electrons. The van der Waals surface area contributed by atoms with Crippen LogP contribution in [0.4, 0.5) is 0 Å². The molecule has 2 N–H and O–H groups in total. The predicted molar refractivity (Wildman–Crippen MR) is 117 cm³/mol. The van der Waals surface area contributed by atoms with Crippen molar-refractivity contribution in [1.82, 2.24) is 5.43 Å². The van der Waals surface area contributed by atoms with E-state index < -0.39 is 5.97 Å². The Bertz CT molecular complexity index is 910. The van der Waals surface area contributed by atoms with Gasteiger partial charge in [0.2, 0.25) is 0 Å². The number of nitrogens with one attached hydrogen (secondary N) is 1. The van der Waals surface area contributed by atoms with Gasteiger partial charge in [-0.2, -0.15) is 5.11 Å². The van der Waals surface area contributed by atoms with E-state index in [1.165, 1.54) is 6.92 Å². The van der Waals surface area contributed by atoms with Crippen molar-refractivity contribution in [3.05, 3.63) is 71.5 Å². The summed E-state index contributed by atoms with van der Waals surface area (Å²) in [5.41, 5.74) is 4.98. The fraction of sp³-hybridized carbons (Fsp3) is 0.333. The third kappa shape index (κ3) is 7.17. The van der Waals surface area contributed by atoms with Crippen LogP contribution >= 0.6 is 0 Å². The van der Waals surface area contributed by atoms with Crippen LogP contribution in [0.25, 0.3) is 0 Å². The zero-order chi connectivity index (χ0) is 21.9. The van der Waals surface area contributed by atoms with Crippen LogP contribution in [0.5, 0.6) is 0 Å². The molecule has 2 unspecified atom stereocenters. The SMILES string of the molecule is C#CC=C[C@@H](/C=C(\C)CC(=O)O)/C1=C/C=C/C(C2C=C(C(C)=O)NN=N2)C/C=C\C1. The second-order valence-electron chi connectivity index (χ2n) is 7.29. The predicted octanol–water partition coefficient (Wildman–Crippen LogP) is 4.47. The molecule has 1 heterocycles. The summed E-state index contributed by atoms with van der Waals surface area (Å²) in [5.74, 6) is 1.55. The highest BCUT2D eigenvalue weighted by Crippen LogP contribution is 2.26. The number of carbonyl (C=O) groups excluding carboxylic acids is 1. The Morgan fingerprint density at radius 2 is 2.20 bits per heavy atom. The summed E-state index contributed by atoms with van der Waals surface area (Å²) in [6, 6.07) is -0.212. The van der Waals surface area contributed by atoms with Crippen LogP contribution in [0, 0.1) is 24.2 Å². The molecule has 2 aliphatic rings. The molecular formula is C24H27N3O3. The van der Waals surface area contributed by atoms with Crippen molar-refractivity contribution in [2.75, 3.05) is 0 Å². The summed E-state index contributed by atoms with van der Waals surface area (Å²) in [4.78, 5) is 22.6. The van der Waals surface area contributed by atoms with Gasteiger partial charge in [0.25, 0.3) is 0 Å². The number of aliphatic carboxylic acids is 1. The van der Waals surface area contributed by atoms with Crippen molar-refractivity contribution in [2.45, 2.75) is 39.2 Å². The van der Waals surface area contributed by atoms with Crippen molar-refractivity contribution >= 4 is 11.8 Å². The number of carboxylic acid groups (broad SMARTS) is 1. The van der Waals surface area contributed by atoms with E-state index in [2.05, 4.69) is 39.9 Å². The molecule has 6 nitrogen and oxygen atoms in total. The van der Waals surface area contributed by atoms with Gasteiger partial charge in [-0.1, -0.05) is 64.8 Å². The summed E-state index contributed by atoms with van der Waals surface area (Å²) in [6.07, 6.45) is 24.4. The van der Waals surface area contributed by atoms with E-state index in [1.54, 1.807) is 6.08 Å². The topological polar surface area (TPSA) is 91.1 Å². The van der Waals surface area contributed by atoms with E-state index in [4.69, 9.17) is 11.5 Å². The van der Waals surface area contributed by atoms with Gasteiger partial charge in [-0.05, 0) is 31.9 Å². The average Bonchev–Trinajstić information content (AvgIpc) is 2.82. The maximum atomic E-state index is 11.6. The minimum atomic E-state index is -0.858. The first-order valence-electron chi connectivity index (χ1n) is 9.83. The molecule has 1 aliphatic carbocycles. The molecule has 0 aromatic heterocycles. The van der Waals surface area contributed by atoms with Crippen LogP contribution in [0.2, 0.25) is 0 Å². The lowest BCUT2D eigenvalue weighted by Crippen LogP contribution is -2.24. The monoisotopic (exact) mass is 405 g/mol. The molecule has 30 heavy (non-hydrogen) atoms. The molecule has 3 atom stereocenters. The first-order chi connectivity index (χ1) is 14.4. The Hall–Kier alpha value is -3.46. The number of hydrogen-bond donors (Lipinski definition) is 2. The van der Waals surface area contributed by atoms with Gasteiger partial charge in [-0.15, -0.1) is 6.42 Å². The standard InChI is InChI=1S/C24H27N3O3/c1-4-5-9-21(14-17(2)15-24(29)30)19-10-6-7-11-20(13-8-12-19)23-16-22(18(3)28)25-27-26-23/h1,5-9,12-14,16,20-21,23H,10-11,15H2,2-3H3,(H,25,26)(H,29,30)/b7-6-,9-5?,13-8+,17-14+,19-12+/t20?,21-,23?/m0/s1. The molecule has 0 radical (unpaired) electrons. The van der Waals surface area contributed by atoms with Gasteiger partial charge in [0.1, 0.15) is 0 Å². The molecule has 0 bridgehead atoms. The normalized spacial score (nSPS) is 26.6. The smallest absolute Gasteiger partial charge is 0.307 e. The van der Waals surface area contributed by atoms with Gasteiger partial charge in [-0.25, -0.2) is 0 Å². The number of allylic oxidation sites excluding steroid dienone is 9. The second-order valence-corrected chi connectivity index (χ2v) is 7.29. The number of Topliss-reactive ketones (excluding diaryl/α,β-unsaturated/α-hetero) is 1. The fourth-order valence-electron chi connectivity index (χ4n) is 3.29. The van der Waals surface area contributed by atoms with Crippen molar-refractivity contribution in [2.24, 2.45) is 22.2 Å². The van der Waals surface area contributed by atoms with E-state index in [-0.39, 0.29) is 30.1 Å². The Kier molecular flexibility index (Phi) is 8.76. The Labute approximate surface area is 177 Å². The van der Waals surface area contributed by atoms with E-state index in [0.29, 0.717) is 5.70 Å². The Balaban J connectivity index is 2.27. The fourth-order valence-corrected chi connectivity index (χ4v) is 3.29. The van der Waals surface area contributed by atoms with Crippen LogP contribution in [-0.4, -0.2) is 22.9 Å². The molecule has 0 amide bonds. The van der Waals surface area contributed by atoms with Gasteiger partial charge in [0.05, 0.1) is 18.2 Å². The average molecular weight is 405 g/mol. The van der Waals surface area contributed by atoms with E-state index in [9.17, 15) is 9.59 Å². The molecule has 2 rings (SSSR count). The minimum Gasteiger partial charge on any atom is -0.481 e. The lowest BCUT2D eigenvalue weighted by Gasteiger charge is -2.19. The van der Waals surface area contributed by atoms with E-state index >= 15 is 0 Å².